The van der Waals surface area contributed by atoms with Crippen LogP contribution in [0.1, 0.15) is 35.3 Å². The molecular formula is C22H22N4O2. The number of aromatic nitrogens is 1. The second-order valence-corrected chi connectivity index (χ2v) is 7.49. The van der Waals surface area contributed by atoms with Gasteiger partial charge in [0.05, 0.1) is 41.8 Å². The largest absolute Gasteiger partial charge is 0.495 e. The molecular weight excluding hydrogens is 352 g/mol. The van der Waals surface area contributed by atoms with Crippen LogP contribution in [0.2, 0.25) is 0 Å². The Morgan fingerprint density at radius 1 is 1.07 bits per heavy atom. The van der Waals surface area contributed by atoms with Gasteiger partial charge in [-0.2, -0.15) is 0 Å². The molecule has 1 aliphatic heterocycles. The summed E-state index contributed by atoms with van der Waals surface area (Å²) in [6, 6.07) is 11.8. The van der Waals surface area contributed by atoms with E-state index in [9.17, 15) is 4.79 Å². The second-order valence-electron chi connectivity index (χ2n) is 7.49. The molecule has 0 unspecified atom stereocenters. The van der Waals surface area contributed by atoms with Crippen molar-refractivity contribution in [2.24, 2.45) is 0 Å². The topological polar surface area (TPSA) is 94.5 Å². The first-order valence-corrected chi connectivity index (χ1v) is 9.55. The van der Waals surface area contributed by atoms with Gasteiger partial charge >= 0.3 is 0 Å². The summed E-state index contributed by atoms with van der Waals surface area (Å²) in [7, 11) is 1.60. The van der Waals surface area contributed by atoms with E-state index < -0.39 is 0 Å². The molecule has 1 fully saturated rings. The van der Waals surface area contributed by atoms with Crippen molar-refractivity contribution in [2.75, 3.05) is 18.6 Å². The van der Waals surface area contributed by atoms with Crippen molar-refractivity contribution in [3.05, 3.63) is 47.7 Å². The van der Waals surface area contributed by atoms with Gasteiger partial charge in [-0.25, -0.2) is 4.98 Å². The van der Waals surface area contributed by atoms with Crippen molar-refractivity contribution >= 4 is 28.2 Å². The van der Waals surface area contributed by atoms with Gasteiger partial charge in [0.2, 0.25) is 0 Å². The summed E-state index contributed by atoms with van der Waals surface area (Å²) in [4.78, 5) is 19.8. The van der Waals surface area contributed by atoms with E-state index in [1.165, 1.54) is 6.42 Å². The van der Waals surface area contributed by atoms with Crippen molar-refractivity contribution in [1.29, 1.82) is 0 Å². The molecule has 2 aliphatic rings. The Kier molecular flexibility index (Phi) is 3.69. The van der Waals surface area contributed by atoms with Gasteiger partial charge in [-0.3, -0.25) is 4.79 Å². The SMILES string of the molecule is COc1cccc(-c2cccc3c(N)c4c(nc23)CN(C2CCC2)C4=O)c1N. The number of para-hydroxylation sites is 2. The van der Waals surface area contributed by atoms with Crippen LogP contribution >= 0.6 is 0 Å². The number of anilines is 2. The monoisotopic (exact) mass is 374 g/mol. The summed E-state index contributed by atoms with van der Waals surface area (Å²) < 4.78 is 5.37. The average Bonchev–Trinajstić information content (AvgIpc) is 2.97. The van der Waals surface area contributed by atoms with E-state index in [2.05, 4.69) is 0 Å². The van der Waals surface area contributed by atoms with Crippen LogP contribution in [0.15, 0.2) is 36.4 Å². The van der Waals surface area contributed by atoms with Gasteiger partial charge < -0.3 is 21.1 Å². The number of nitrogen functional groups attached to an aromatic ring is 2. The fourth-order valence-electron chi connectivity index (χ4n) is 4.26. The number of nitrogens with two attached hydrogens (primary N) is 2. The number of carbonyl (C=O) groups is 1. The third-order valence-electron chi connectivity index (χ3n) is 6.02. The zero-order valence-corrected chi connectivity index (χ0v) is 15.7. The molecule has 1 aromatic heterocycles. The highest BCUT2D eigenvalue weighted by atomic mass is 16.5. The first-order valence-electron chi connectivity index (χ1n) is 9.55. The molecule has 1 amide bonds. The Morgan fingerprint density at radius 2 is 1.82 bits per heavy atom. The molecule has 0 atom stereocenters. The van der Waals surface area contributed by atoms with Crippen LogP contribution in [-0.2, 0) is 6.54 Å². The van der Waals surface area contributed by atoms with Crippen LogP contribution in [0.5, 0.6) is 5.75 Å². The van der Waals surface area contributed by atoms with E-state index in [1.807, 2.05) is 41.3 Å². The van der Waals surface area contributed by atoms with Crippen LogP contribution in [0.4, 0.5) is 11.4 Å². The number of nitrogens with zero attached hydrogens (tertiary/aromatic N) is 2. The Labute approximate surface area is 163 Å². The highest BCUT2D eigenvalue weighted by Crippen LogP contribution is 2.41. The van der Waals surface area contributed by atoms with Crippen molar-refractivity contribution in [3.63, 3.8) is 0 Å². The minimum absolute atomic E-state index is 0.0119. The molecule has 0 spiro atoms. The average molecular weight is 374 g/mol. The number of hydrogen-bond donors (Lipinski definition) is 2. The molecule has 2 aromatic carbocycles. The molecule has 1 aliphatic carbocycles. The maximum absolute atomic E-state index is 13.0. The maximum atomic E-state index is 13.0. The predicted molar refractivity (Wildman–Crippen MR) is 110 cm³/mol. The van der Waals surface area contributed by atoms with Crippen LogP contribution in [-0.4, -0.2) is 28.9 Å². The lowest BCUT2D eigenvalue weighted by molar-refractivity contribution is 0.0606. The highest BCUT2D eigenvalue weighted by Gasteiger charge is 2.38. The van der Waals surface area contributed by atoms with Gasteiger partial charge in [0.1, 0.15) is 5.75 Å². The molecule has 5 rings (SSSR count). The fraction of sp³-hybridized carbons (Fsp3) is 0.273. The Bertz CT molecular complexity index is 1120. The number of benzene rings is 2. The molecule has 6 heteroatoms. The molecule has 3 aromatic rings. The maximum Gasteiger partial charge on any atom is 0.258 e. The quantitative estimate of drug-likeness (QED) is 0.683. The molecule has 0 saturated heterocycles. The summed E-state index contributed by atoms with van der Waals surface area (Å²) in [6.07, 6.45) is 3.30. The van der Waals surface area contributed by atoms with E-state index in [1.54, 1.807) is 7.11 Å². The van der Waals surface area contributed by atoms with Crippen molar-refractivity contribution < 1.29 is 9.53 Å². The number of amides is 1. The number of pyridine rings is 1. The van der Waals surface area contributed by atoms with Crippen LogP contribution < -0.4 is 16.2 Å². The summed E-state index contributed by atoms with van der Waals surface area (Å²) >= 11 is 0. The fourth-order valence-corrected chi connectivity index (χ4v) is 4.26. The van der Waals surface area contributed by atoms with Crippen molar-refractivity contribution in [3.8, 4) is 16.9 Å². The van der Waals surface area contributed by atoms with Crippen LogP contribution in [0.25, 0.3) is 22.0 Å². The molecule has 1 saturated carbocycles. The number of fused-ring (bicyclic) bond motifs is 2. The van der Waals surface area contributed by atoms with Gasteiger partial charge in [-0.1, -0.05) is 30.3 Å². The second kappa shape index (κ2) is 6.12. The minimum Gasteiger partial charge on any atom is -0.495 e. The van der Waals surface area contributed by atoms with E-state index in [0.717, 1.165) is 40.6 Å². The van der Waals surface area contributed by atoms with Crippen molar-refractivity contribution in [2.45, 2.75) is 31.8 Å². The third-order valence-corrected chi connectivity index (χ3v) is 6.02. The van der Waals surface area contributed by atoms with E-state index in [-0.39, 0.29) is 5.91 Å². The number of carbonyl (C=O) groups excluding carboxylic acids is 1. The number of methoxy groups -OCH3 is 1. The summed E-state index contributed by atoms with van der Waals surface area (Å²) in [5, 5.41) is 0.780. The lowest BCUT2D eigenvalue weighted by Gasteiger charge is -2.34. The van der Waals surface area contributed by atoms with Gasteiger partial charge in [-0.15, -0.1) is 0 Å². The molecule has 142 valence electrons. The van der Waals surface area contributed by atoms with E-state index >= 15 is 0 Å². The van der Waals surface area contributed by atoms with Crippen molar-refractivity contribution in [1.82, 2.24) is 9.88 Å². The van der Waals surface area contributed by atoms with Gasteiger partial charge in [-0.05, 0) is 25.3 Å². The van der Waals surface area contributed by atoms with Crippen LogP contribution in [0, 0.1) is 0 Å². The standard InChI is InChI=1S/C22H22N4O2/c1-28-17-10-4-7-13(19(17)23)14-8-3-9-15-20(24)18-16(25-21(14)15)11-26(22(18)27)12-5-2-6-12/h3-4,7-10,12H,2,5-6,11,23H2,1H3,(H2,24,25). The molecule has 0 bridgehead atoms. The number of ether oxygens (including phenoxy) is 1. The molecule has 6 nitrogen and oxygen atoms in total. The number of hydrogen-bond acceptors (Lipinski definition) is 5. The zero-order chi connectivity index (χ0) is 19.4. The zero-order valence-electron chi connectivity index (χ0n) is 15.7. The van der Waals surface area contributed by atoms with Gasteiger partial charge in [0, 0.05) is 22.6 Å². The predicted octanol–water partition coefficient (Wildman–Crippen LogP) is 3.58. The van der Waals surface area contributed by atoms with Crippen LogP contribution in [0.3, 0.4) is 0 Å². The highest BCUT2D eigenvalue weighted by molar-refractivity contribution is 6.12. The normalized spacial score (nSPS) is 16.3. The smallest absolute Gasteiger partial charge is 0.258 e. The lowest BCUT2D eigenvalue weighted by Crippen LogP contribution is -2.40. The lowest BCUT2D eigenvalue weighted by atomic mass is 9.92. The first-order chi connectivity index (χ1) is 13.6. The molecule has 4 N–H and O–H groups in total. The molecule has 2 heterocycles. The molecule has 28 heavy (non-hydrogen) atoms. The Balaban J connectivity index is 1.71. The van der Waals surface area contributed by atoms with Gasteiger partial charge in [0.15, 0.2) is 0 Å². The van der Waals surface area contributed by atoms with E-state index in [4.69, 9.17) is 21.2 Å². The van der Waals surface area contributed by atoms with Gasteiger partial charge in [0.25, 0.3) is 5.91 Å². The first kappa shape index (κ1) is 16.9. The number of rotatable bonds is 3. The Morgan fingerprint density at radius 3 is 2.54 bits per heavy atom. The van der Waals surface area contributed by atoms with E-state index in [0.29, 0.717) is 35.3 Å². The third kappa shape index (κ3) is 2.27. The minimum atomic E-state index is 0.0119. The summed E-state index contributed by atoms with van der Waals surface area (Å²) in [5.74, 6) is 0.632. The summed E-state index contributed by atoms with van der Waals surface area (Å²) in [6.45, 7) is 0.529. The molecule has 0 radical (unpaired) electrons. The Hall–Kier alpha value is -3.28. The summed E-state index contributed by atoms with van der Waals surface area (Å²) in [5.41, 5.74) is 17.7.